The molecule has 2 fully saturated rings. The van der Waals surface area contributed by atoms with E-state index in [0.29, 0.717) is 18.9 Å². The van der Waals surface area contributed by atoms with Crippen molar-refractivity contribution in [3.63, 3.8) is 0 Å². The van der Waals surface area contributed by atoms with E-state index in [2.05, 4.69) is 23.1 Å². The maximum absolute atomic E-state index is 12.4. The van der Waals surface area contributed by atoms with Crippen LogP contribution in [0.15, 0.2) is 0 Å². The van der Waals surface area contributed by atoms with Crippen LogP contribution in [-0.4, -0.2) is 98.2 Å². The highest BCUT2D eigenvalue weighted by Crippen LogP contribution is 2.32. The van der Waals surface area contributed by atoms with Gasteiger partial charge in [0.25, 0.3) is 0 Å². The average Bonchev–Trinajstić information content (AvgIpc) is 2.70. The summed E-state index contributed by atoms with van der Waals surface area (Å²) in [7, 11) is 3.94. The molecule has 134 valence electrons. The largest absolute Gasteiger partial charge is 0.383 e. The molecule has 2 aliphatic heterocycles. The Kier molecular flexibility index (Phi) is 7.66. The van der Waals surface area contributed by atoms with Crippen molar-refractivity contribution in [2.24, 2.45) is 0 Å². The highest BCUT2D eigenvalue weighted by Gasteiger charge is 2.41. The molecular formula is C17H33N3O2S. The molecule has 2 rings (SSSR count). The molecule has 0 radical (unpaired) electrons. The van der Waals surface area contributed by atoms with Gasteiger partial charge in [-0.3, -0.25) is 9.69 Å². The lowest BCUT2D eigenvalue weighted by atomic mass is 9.86. The van der Waals surface area contributed by atoms with Crippen LogP contribution >= 0.6 is 11.8 Å². The molecule has 2 heterocycles. The molecule has 2 saturated heterocycles. The Morgan fingerprint density at radius 2 is 2.04 bits per heavy atom. The van der Waals surface area contributed by atoms with Crippen LogP contribution in [0.25, 0.3) is 0 Å². The van der Waals surface area contributed by atoms with Gasteiger partial charge in [-0.2, -0.15) is 11.8 Å². The Morgan fingerprint density at radius 3 is 2.78 bits per heavy atom. The van der Waals surface area contributed by atoms with E-state index in [1.807, 2.05) is 16.7 Å². The van der Waals surface area contributed by atoms with Gasteiger partial charge >= 0.3 is 0 Å². The number of ether oxygens (including phenoxy) is 1. The summed E-state index contributed by atoms with van der Waals surface area (Å²) < 4.78 is 5.15. The molecule has 0 bridgehead atoms. The summed E-state index contributed by atoms with van der Waals surface area (Å²) in [4.78, 5) is 19.5. The van der Waals surface area contributed by atoms with Crippen molar-refractivity contribution in [3.05, 3.63) is 0 Å². The highest BCUT2D eigenvalue weighted by molar-refractivity contribution is 7.98. The number of nitrogens with zero attached hydrogens (tertiary/aromatic N) is 3. The molecule has 23 heavy (non-hydrogen) atoms. The first-order valence-corrected chi connectivity index (χ1v) is 10.2. The number of likely N-dealkylation sites (N-methyl/N-ethyl adjacent to an activating group) is 1. The summed E-state index contributed by atoms with van der Waals surface area (Å²) in [6.45, 7) is 6.81. The van der Waals surface area contributed by atoms with Crippen LogP contribution < -0.4 is 0 Å². The van der Waals surface area contributed by atoms with Gasteiger partial charge in [-0.15, -0.1) is 0 Å². The van der Waals surface area contributed by atoms with Crippen molar-refractivity contribution in [1.29, 1.82) is 0 Å². The first-order valence-electron chi connectivity index (χ1n) is 8.80. The number of hydrogen-bond donors (Lipinski definition) is 0. The molecule has 0 aromatic heterocycles. The maximum Gasteiger partial charge on any atom is 0.222 e. The summed E-state index contributed by atoms with van der Waals surface area (Å²) in [5, 5.41) is 0. The standard InChI is InChI=1S/C17H33N3O2S/c1-18-10-11-19(8-4-14-23-3)15-17(18)6-5-16(21)20(9-7-17)12-13-22-2/h4-15H2,1-3H3/t17-/m0/s1. The molecule has 6 heteroatoms. The molecular weight excluding hydrogens is 310 g/mol. The first-order chi connectivity index (χ1) is 11.1. The van der Waals surface area contributed by atoms with Gasteiger partial charge < -0.3 is 14.5 Å². The van der Waals surface area contributed by atoms with Crippen LogP contribution in [0.2, 0.25) is 0 Å². The summed E-state index contributed by atoms with van der Waals surface area (Å²) in [5.74, 6) is 1.54. The molecule has 0 aromatic carbocycles. The Hall–Kier alpha value is -0.300. The third-order valence-electron chi connectivity index (χ3n) is 5.47. The zero-order valence-electron chi connectivity index (χ0n) is 15.1. The summed E-state index contributed by atoms with van der Waals surface area (Å²) in [5.41, 5.74) is 0.176. The zero-order chi connectivity index (χ0) is 16.7. The summed E-state index contributed by atoms with van der Waals surface area (Å²) in [6, 6.07) is 0. The van der Waals surface area contributed by atoms with E-state index in [9.17, 15) is 4.79 Å². The number of likely N-dealkylation sites (tertiary alicyclic amines) is 1. The molecule has 1 spiro atoms. The molecule has 2 aliphatic rings. The van der Waals surface area contributed by atoms with Crippen LogP contribution in [0, 0.1) is 0 Å². The van der Waals surface area contributed by atoms with E-state index in [0.717, 1.165) is 45.6 Å². The number of methoxy groups -OCH3 is 1. The molecule has 0 saturated carbocycles. The van der Waals surface area contributed by atoms with Crippen LogP contribution in [0.3, 0.4) is 0 Å². The fourth-order valence-electron chi connectivity index (χ4n) is 3.84. The molecule has 0 N–H and O–H groups in total. The predicted octanol–water partition coefficient (Wildman–Crippen LogP) is 1.38. The van der Waals surface area contributed by atoms with Crippen LogP contribution in [0.5, 0.6) is 0 Å². The SMILES string of the molecule is COCCN1CC[C@@]2(CCC1=O)CN(CCCSC)CCN2C. The van der Waals surface area contributed by atoms with Crippen molar-refractivity contribution >= 4 is 17.7 Å². The number of hydrogen-bond acceptors (Lipinski definition) is 5. The van der Waals surface area contributed by atoms with Crippen molar-refractivity contribution in [1.82, 2.24) is 14.7 Å². The highest BCUT2D eigenvalue weighted by atomic mass is 32.2. The minimum atomic E-state index is 0.176. The van der Waals surface area contributed by atoms with Crippen LogP contribution in [0.1, 0.15) is 25.7 Å². The molecule has 5 nitrogen and oxygen atoms in total. The van der Waals surface area contributed by atoms with Crippen molar-refractivity contribution < 1.29 is 9.53 Å². The number of thioether (sulfide) groups is 1. The van der Waals surface area contributed by atoms with Crippen molar-refractivity contribution in [2.45, 2.75) is 31.2 Å². The van der Waals surface area contributed by atoms with E-state index in [4.69, 9.17) is 4.74 Å². The van der Waals surface area contributed by atoms with E-state index in [-0.39, 0.29) is 5.54 Å². The van der Waals surface area contributed by atoms with Gasteiger partial charge in [0.05, 0.1) is 6.61 Å². The Labute approximate surface area is 145 Å². The van der Waals surface area contributed by atoms with Gasteiger partial charge in [-0.05, 0) is 44.9 Å². The zero-order valence-corrected chi connectivity index (χ0v) is 15.9. The lowest BCUT2D eigenvalue weighted by Crippen LogP contribution is -2.61. The van der Waals surface area contributed by atoms with E-state index in [1.54, 1.807) is 7.11 Å². The second kappa shape index (κ2) is 9.25. The van der Waals surface area contributed by atoms with Gasteiger partial charge in [0, 0.05) is 51.8 Å². The lowest BCUT2D eigenvalue weighted by molar-refractivity contribution is -0.131. The first kappa shape index (κ1) is 19.0. The van der Waals surface area contributed by atoms with Crippen LogP contribution in [0.4, 0.5) is 0 Å². The third-order valence-corrected chi connectivity index (χ3v) is 6.17. The number of rotatable bonds is 7. The number of carbonyl (C=O) groups excluding carboxylic acids is 1. The number of amides is 1. The number of carbonyl (C=O) groups is 1. The molecule has 0 aromatic rings. The minimum absolute atomic E-state index is 0.176. The molecule has 1 amide bonds. The summed E-state index contributed by atoms with van der Waals surface area (Å²) >= 11 is 1.93. The Morgan fingerprint density at radius 1 is 1.22 bits per heavy atom. The predicted molar refractivity (Wildman–Crippen MR) is 97.1 cm³/mol. The monoisotopic (exact) mass is 343 g/mol. The normalized spacial score (nSPS) is 27.6. The molecule has 0 unspecified atom stereocenters. The van der Waals surface area contributed by atoms with E-state index in [1.165, 1.54) is 18.7 Å². The van der Waals surface area contributed by atoms with E-state index >= 15 is 0 Å². The molecule has 0 aliphatic carbocycles. The maximum atomic E-state index is 12.4. The smallest absolute Gasteiger partial charge is 0.222 e. The Balaban J connectivity index is 1.96. The fourth-order valence-corrected chi connectivity index (χ4v) is 4.25. The molecule has 1 atom stereocenters. The average molecular weight is 344 g/mol. The number of piperazine rings is 1. The van der Waals surface area contributed by atoms with Crippen LogP contribution in [-0.2, 0) is 9.53 Å². The van der Waals surface area contributed by atoms with Crippen molar-refractivity contribution in [2.75, 3.05) is 72.0 Å². The quantitative estimate of drug-likeness (QED) is 0.653. The second-order valence-corrected chi connectivity index (χ2v) is 7.88. The van der Waals surface area contributed by atoms with Gasteiger partial charge in [-0.25, -0.2) is 0 Å². The van der Waals surface area contributed by atoms with Gasteiger partial charge in [0.15, 0.2) is 0 Å². The van der Waals surface area contributed by atoms with Gasteiger partial charge in [0.1, 0.15) is 0 Å². The lowest BCUT2D eigenvalue weighted by Gasteiger charge is -2.49. The van der Waals surface area contributed by atoms with E-state index < -0.39 is 0 Å². The minimum Gasteiger partial charge on any atom is -0.383 e. The summed E-state index contributed by atoms with van der Waals surface area (Å²) in [6.07, 6.45) is 6.19. The van der Waals surface area contributed by atoms with Gasteiger partial charge in [-0.1, -0.05) is 0 Å². The second-order valence-electron chi connectivity index (χ2n) is 6.89. The Bertz CT molecular complexity index is 383. The fraction of sp³-hybridized carbons (Fsp3) is 0.941. The van der Waals surface area contributed by atoms with Gasteiger partial charge in [0.2, 0.25) is 5.91 Å². The third kappa shape index (κ3) is 5.08. The topological polar surface area (TPSA) is 36.0 Å². The van der Waals surface area contributed by atoms with Crippen molar-refractivity contribution in [3.8, 4) is 0 Å².